The van der Waals surface area contributed by atoms with Crippen LogP contribution >= 0.6 is 0 Å². The molecule has 2 N–H and O–H groups in total. The summed E-state index contributed by atoms with van der Waals surface area (Å²) in [6.07, 6.45) is 0.916. The van der Waals surface area contributed by atoms with E-state index >= 15 is 0 Å². The standard InChI is InChI=1S/C15H14FNO2/c1-2-10-3-6-12(7-4-10)17-15(19)13-9-11(16)5-8-14(13)18/h3-9,18H,2H2,1H3,(H,17,19). The molecule has 2 rings (SSSR count). The van der Waals surface area contributed by atoms with E-state index in [9.17, 15) is 14.3 Å². The molecule has 3 nitrogen and oxygen atoms in total. The molecule has 98 valence electrons. The van der Waals surface area contributed by atoms with Crippen molar-refractivity contribution in [2.45, 2.75) is 13.3 Å². The third kappa shape index (κ3) is 3.10. The summed E-state index contributed by atoms with van der Waals surface area (Å²) < 4.78 is 13.1. The van der Waals surface area contributed by atoms with Gasteiger partial charge in [0.2, 0.25) is 0 Å². The summed E-state index contributed by atoms with van der Waals surface area (Å²) >= 11 is 0. The molecule has 0 aliphatic heterocycles. The van der Waals surface area contributed by atoms with Gasteiger partial charge < -0.3 is 10.4 Å². The number of aryl methyl sites for hydroxylation is 1. The number of amides is 1. The Labute approximate surface area is 110 Å². The molecule has 0 spiro atoms. The number of benzene rings is 2. The maximum Gasteiger partial charge on any atom is 0.259 e. The van der Waals surface area contributed by atoms with Gasteiger partial charge in [0.25, 0.3) is 5.91 Å². The highest BCUT2D eigenvalue weighted by atomic mass is 19.1. The summed E-state index contributed by atoms with van der Waals surface area (Å²) in [7, 11) is 0. The summed E-state index contributed by atoms with van der Waals surface area (Å²) in [6.45, 7) is 2.04. The Kier molecular flexibility index (Phi) is 3.80. The average Bonchev–Trinajstić information content (AvgIpc) is 2.42. The first-order valence-electron chi connectivity index (χ1n) is 5.99. The number of halogens is 1. The quantitative estimate of drug-likeness (QED) is 0.888. The Hall–Kier alpha value is -2.36. The van der Waals surface area contributed by atoms with Gasteiger partial charge in [0.1, 0.15) is 11.6 Å². The van der Waals surface area contributed by atoms with Crippen LogP contribution in [-0.2, 0) is 6.42 Å². The van der Waals surface area contributed by atoms with Crippen LogP contribution in [0.4, 0.5) is 10.1 Å². The minimum Gasteiger partial charge on any atom is -0.507 e. The van der Waals surface area contributed by atoms with Crippen LogP contribution in [0.1, 0.15) is 22.8 Å². The van der Waals surface area contributed by atoms with Crippen molar-refractivity contribution in [1.29, 1.82) is 0 Å². The molecule has 0 aromatic heterocycles. The largest absolute Gasteiger partial charge is 0.507 e. The number of phenolic OH excluding ortho intramolecular Hbond substituents is 1. The predicted molar refractivity (Wildman–Crippen MR) is 71.8 cm³/mol. The van der Waals surface area contributed by atoms with E-state index in [1.165, 1.54) is 0 Å². The smallest absolute Gasteiger partial charge is 0.259 e. The van der Waals surface area contributed by atoms with Crippen LogP contribution in [-0.4, -0.2) is 11.0 Å². The Morgan fingerprint density at radius 1 is 1.21 bits per heavy atom. The highest BCUT2D eigenvalue weighted by Gasteiger charge is 2.12. The number of carbonyl (C=O) groups excluding carboxylic acids is 1. The lowest BCUT2D eigenvalue weighted by molar-refractivity contribution is 0.102. The van der Waals surface area contributed by atoms with E-state index in [4.69, 9.17) is 0 Å². The van der Waals surface area contributed by atoms with Gasteiger partial charge in [-0.2, -0.15) is 0 Å². The number of hydrogen-bond donors (Lipinski definition) is 2. The van der Waals surface area contributed by atoms with E-state index in [1.54, 1.807) is 12.1 Å². The summed E-state index contributed by atoms with van der Waals surface area (Å²) in [5, 5.41) is 12.2. The number of rotatable bonds is 3. The molecule has 0 radical (unpaired) electrons. The van der Waals surface area contributed by atoms with Crippen LogP contribution in [0.2, 0.25) is 0 Å². The molecule has 1 amide bonds. The summed E-state index contributed by atoms with van der Waals surface area (Å²) in [5.41, 5.74) is 1.68. The minimum atomic E-state index is -0.565. The van der Waals surface area contributed by atoms with Crippen molar-refractivity contribution in [2.75, 3.05) is 5.32 Å². The highest BCUT2D eigenvalue weighted by Crippen LogP contribution is 2.19. The second-order valence-corrected chi connectivity index (χ2v) is 4.17. The lowest BCUT2D eigenvalue weighted by Crippen LogP contribution is -2.12. The van der Waals surface area contributed by atoms with Crippen LogP contribution < -0.4 is 5.32 Å². The number of carbonyl (C=O) groups is 1. The molecule has 4 heteroatoms. The summed E-state index contributed by atoms with van der Waals surface area (Å²) in [6, 6.07) is 10.6. The molecular weight excluding hydrogens is 245 g/mol. The van der Waals surface area contributed by atoms with Crippen LogP contribution in [0, 0.1) is 5.82 Å². The fourth-order valence-corrected chi connectivity index (χ4v) is 1.71. The molecule has 0 fully saturated rings. The van der Waals surface area contributed by atoms with Gasteiger partial charge >= 0.3 is 0 Å². The molecule has 0 aliphatic rings. The number of nitrogens with one attached hydrogen (secondary N) is 1. The van der Waals surface area contributed by atoms with Crippen LogP contribution in [0.15, 0.2) is 42.5 Å². The monoisotopic (exact) mass is 259 g/mol. The summed E-state index contributed by atoms with van der Waals surface area (Å²) in [5.74, 6) is -1.35. The van der Waals surface area contributed by atoms with Crippen molar-refractivity contribution >= 4 is 11.6 Å². The fraction of sp³-hybridized carbons (Fsp3) is 0.133. The van der Waals surface area contributed by atoms with Crippen molar-refractivity contribution < 1.29 is 14.3 Å². The van der Waals surface area contributed by atoms with Gasteiger partial charge in [0, 0.05) is 5.69 Å². The van der Waals surface area contributed by atoms with Crippen LogP contribution in [0.5, 0.6) is 5.75 Å². The van der Waals surface area contributed by atoms with E-state index in [0.717, 1.165) is 30.2 Å². The van der Waals surface area contributed by atoms with Crippen LogP contribution in [0.3, 0.4) is 0 Å². The number of aromatic hydroxyl groups is 1. The Morgan fingerprint density at radius 2 is 1.89 bits per heavy atom. The maximum atomic E-state index is 13.1. The molecule has 2 aromatic rings. The van der Waals surface area contributed by atoms with Crippen molar-refractivity contribution in [3.8, 4) is 5.75 Å². The third-order valence-corrected chi connectivity index (χ3v) is 2.82. The van der Waals surface area contributed by atoms with Gasteiger partial charge in [-0.05, 0) is 42.3 Å². The van der Waals surface area contributed by atoms with Gasteiger partial charge in [-0.15, -0.1) is 0 Å². The van der Waals surface area contributed by atoms with Gasteiger partial charge in [-0.3, -0.25) is 4.79 Å². The average molecular weight is 259 g/mol. The van der Waals surface area contributed by atoms with Gasteiger partial charge in [-0.1, -0.05) is 19.1 Å². The lowest BCUT2D eigenvalue weighted by Gasteiger charge is -2.07. The van der Waals surface area contributed by atoms with Gasteiger partial charge in [0.05, 0.1) is 5.56 Å². The van der Waals surface area contributed by atoms with Crippen molar-refractivity contribution in [1.82, 2.24) is 0 Å². The molecule has 0 saturated heterocycles. The van der Waals surface area contributed by atoms with Gasteiger partial charge in [0.15, 0.2) is 0 Å². The van der Waals surface area contributed by atoms with E-state index in [-0.39, 0.29) is 11.3 Å². The molecular formula is C15H14FNO2. The van der Waals surface area contributed by atoms with E-state index in [0.29, 0.717) is 5.69 Å². The van der Waals surface area contributed by atoms with Crippen molar-refractivity contribution in [3.05, 3.63) is 59.4 Å². The van der Waals surface area contributed by atoms with E-state index in [1.807, 2.05) is 19.1 Å². The zero-order valence-electron chi connectivity index (χ0n) is 10.5. The molecule has 2 aromatic carbocycles. The topological polar surface area (TPSA) is 49.3 Å². The third-order valence-electron chi connectivity index (χ3n) is 2.82. The molecule has 0 bridgehead atoms. The lowest BCUT2D eigenvalue weighted by atomic mass is 10.1. The number of anilines is 1. The van der Waals surface area contributed by atoms with E-state index < -0.39 is 11.7 Å². The van der Waals surface area contributed by atoms with Crippen molar-refractivity contribution in [3.63, 3.8) is 0 Å². The summed E-state index contributed by atoms with van der Waals surface area (Å²) in [4.78, 5) is 11.9. The highest BCUT2D eigenvalue weighted by molar-refractivity contribution is 6.06. The van der Waals surface area contributed by atoms with E-state index in [2.05, 4.69) is 5.32 Å². The first-order valence-corrected chi connectivity index (χ1v) is 5.99. The molecule has 0 heterocycles. The second kappa shape index (κ2) is 5.52. The molecule has 0 saturated carbocycles. The SMILES string of the molecule is CCc1ccc(NC(=O)c2cc(F)ccc2O)cc1. The number of phenols is 1. The van der Waals surface area contributed by atoms with Gasteiger partial charge in [-0.25, -0.2) is 4.39 Å². The zero-order chi connectivity index (χ0) is 13.8. The van der Waals surface area contributed by atoms with Crippen LogP contribution in [0.25, 0.3) is 0 Å². The Morgan fingerprint density at radius 3 is 2.53 bits per heavy atom. The Balaban J connectivity index is 2.18. The fourth-order valence-electron chi connectivity index (χ4n) is 1.71. The zero-order valence-corrected chi connectivity index (χ0v) is 10.5. The molecule has 0 atom stereocenters. The number of hydrogen-bond acceptors (Lipinski definition) is 2. The first kappa shape index (κ1) is 13.1. The molecule has 0 aliphatic carbocycles. The predicted octanol–water partition coefficient (Wildman–Crippen LogP) is 3.35. The molecule has 19 heavy (non-hydrogen) atoms. The Bertz CT molecular complexity index is 594. The molecule has 0 unspecified atom stereocenters. The second-order valence-electron chi connectivity index (χ2n) is 4.17. The minimum absolute atomic E-state index is 0.0837. The normalized spacial score (nSPS) is 10.2. The first-order chi connectivity index (χ1) is 9.10. The van der Waals surface area contributed by atoms with Crippen molar-refractivity contribution in [2.24, 2.45) is 0 Å². The maximum absolute atomic E-state index is 13.1.